The van der Waals surface area contributed by atoms with E-state index < -0.39 is 0 Å². The third-order valence-corrected chi connectivity index (χ3v) is 3.59. The number of likely N-dealkylation sites (tertiary alicyclic amines) is 1. The van der Waals surface area contributed by atoms with Gasteiger partial charge < -0.3 is 4.18 Å². The lowest BCUT2D eigenvalue weighted by Crippen LogP contribution is -2.24. The molecule has 1 aliphatic rings. The lowest BCUT2D eigenvalue weighted by molar-refractivity contribution is 0.243. The summed E-state index contributed by atoms with van der Waals surface area (Å²) in [4.78, 5) is 2.43. The van der Waals surface area contributed by atoms with E-state index >= 15 is 0 Å². The molecule has 0 spiro atoms. The Hall–Kier alpha value is 0.220. The molecular formula is C12H18INOS. The zero-order valence-electron chi connectivity index (χ0n) is 9.56. The lowest BCUT2D eigenvalue weighted by Gasteiger charge is -2.15. The summed E-state index contributed by atoms with van der Waals surface area (Å²) in [6.07, 6.45) is 9.60. The van der Waals surface area contributed by atoms with Crippen molar-refractivity contribution in [1.29, 1.82) is 0 Å². The van der Waals surface area contributed by atoms with Crippen LogP contribution in [-0.2, 0) is 4.18 Å². The van der Waals surface area contributed by atoms with Gasteiger partial charge in [0.25, 0.3) is 0 Å². The standard InChI is InChI=1S/C12H18INOS/c1-3-5-6-11(4-2)9-14-8-7-12(10-14)15-16-13/h3-6,12H,1,7-10H2,2H3/b6-5-,11-4+/t12-/m0/s1. The highest BCUT2D eigenvalue weighted by molar-refractivity contribution is 14.2. The predicted octanol–water partition coefficient (Wildman–Crippen LogP) is 3.76. The summed E-state index contributed by atoms with van der Waals surface area (Å²) in [7, 11) is 1.44. The van der Waals surface area contributed by atoms with Gasteiger partial charge in [-0.2, -0.15) is 0 Å². The molecule has 2 nitrogen and oxygen atoms in total. The quantitative estimate of drug-likeness (QED) is 0.411. The molecule has 1 saturated heterocycles. The van der Waals surface area contributed by atoms with E-state index in [1.54, 1.807) is 0 Å². The molecule has 0 radical (unpaired) electrons. The van der Waals surface area contributed by atoms with Gasteiger partial charge >= 0.3 is 0 Å². The number of rotatable bonds is 6. The largest absolute Gasteiger partial charge is 0.301 e. The summed E-state index contributed by atoms with van der Waals surface area (Å²) in [6, 6.07) is 0. The molecule has 1 rings (SSSR count). The fourth-order valence-electron chi connectivity index (χ4n) is 1.76. The molecule has 0 aliphatic carbocycles. The molecule has 0 N–H and O–H groups in total. The van der Waals surface area contributed by atoms with Crippen LogP contribution in [-0.4, -0.2) is 30.6 Å². The van der Waals surface area contributed by atoms with E-state index in [-0.39, 0.29) is 0 Å². The highest BCUT2D eigenvalue weighted by Gasteiger charge is 2.23. The Morgan fingerprint density at radius 2 is 2.50 bits per heavy atom. The zero-order chi connectivity index (χ0) is 11.8. The molecule has 0 bridgehead atoms. The van der Waals surface area contributed by atoms with Gasteiger partial charge in [-0.25, -0.2) is 0 Å². The van der Waals surface area contributed by atoms with Crippen LogP contribution in [0.25, 0.3) is 0 Å². The van der Waals surface area contributed by atoms with Crippen LogP contribution in [0.5, 0.6) is 0 Å². The minimum Gasteiger partial charge on any atom is -0.301 e. The van der Waals surface area contributed by atoms with Crippen LogP contribution in [0.3, 0.4) is 0 Å². The Balaban J connectivity index is 2.37. The van der Waals surface area contributed by atoms with E-state index in [2.05, 4.69) is 51.8 Å². The first-order chi connectivity index (χ1) is 7.80. The van der Waals surface area contributed by atoms with Crippen molar-refractivity contribution in [2.24, 2.45) is 0 Å². The van der Waals surface area contributed by atoms with Crippen molar-refractivity contribution in [2.45, 2.75) is 19.4 Å². The van der Waals surface area contributed by atoms with E-state index in [0.717, 1.165) is 26.1 Å². The van der Waals surface area contributed by atoms with E-state index in [0.29, 0.717) is 6.10 Å². The van der Waals surface area contributed by atoms with Gasteiger partial charge in [0, 0.05) is 40.8 Å². The third-order valence-electron chi connectivity index (χ3n) is 2.62. The Kier molecular flexibility index (Phi) is 7.44. The van der Waals surface area contributed by atoms with Crippen LogP contribution in [0.2, 0.25) is 0 Å². The van der Waals surface area contributed by atoms with Crippen molar-refractivity contribution >= 4 is 30.4 Å². The number of hydrogen-bond acceptors (Lipinski definition) is 3. The fraction of sp³-hybridized carbons (Fsp3) is 0.500. The molecule has 0 aromatic carbocycles. The Bertz CT molecular complexity index is 278. The Morgan fingerprint density at radius 3 is 3.12 bits per heavy atom. The van der Waals surface area contributed by atoms with E-state index in [9.17, 15) is 0 Å². The van der Waals surface area contributed by atoms with Crippen LogP contribution in [0.4, 0.5) is 0 Å². The van der Waals surface area contributed by atoms with E-state index in [1.165, 1.54) is 14.8 Å². The van der Waals surface area contributed by atoms with Crippen LogP contribution < -0.4 is 0 Å². The second-order valence-electron chi connectivity index (χ2n) is 3.76. The average Bonchev–Trinajstić information content (AvgIpc) is 2.72. The number of nitrogens with zero attached hydrogens (tertiary/aromatic N) is 1. The molecule has 1 fully saturated rings. The summed E-state index contributed by atoms with van der Waals surface area (Å²) < 4.78 is 5.54. The van der Waals surface area contributed by atoms with Gasteiger partial charge in [0.1, 0.15) is 0 Å². The third kappa shape index (κ3) is 5.03. The van der Waals surface area contributed by atoms with Gasteiger partial charge in [0.15, 0.2) is 0 Å². The SMILES string of the molecule is C=C/C=C\C(=C/C)CN1CC[C@H](OSI)C1. The smallest absolute Gasteiger partial charge is 0.0870 e. The Morgan fingerprint density at radius 1 is 1.69 bits per heavy atom. The van der Waals surface area contributed by atoms with Gasteiger partial charge in [-0.1, -0.05) is 30.9 Å². The zero-order valence-corrected chi connectivity index (χ0v) is 12.5. The summed E-state index contributed by atoms with van der Waals surface area (Å²) in [6.45, 7) is 8.93. The van der Waals surface area contributed by atoms with Crippen LogP contribution in [0.1, 0.15) is 13.3 Å². The average molecular weight is 351 g/mol. The highest BCUT2D eigenvalue weighted by atomic mass is 127. The molecule has 90 valence electrons. The normalized spacial score (nSPS) is 23.1. The van der Waals surface area contributed by atoms with Gasteiger partial charge in [0.2, 0.25) is 0 Å². The second-order valence-corrected chi connectivity index (χ2v) is 5.16. The van der Waals surface area contributed by atoms with E-state index in [1.807, 2.05) is 12.2 Å². The first-order valence-corrected chi connectivity index (χ1v) is 8.69. The van der Waals surface area contributed by atoms with Gasteiger partial charge in [-0.15, -0.1) is 0 Å². The number of hydrogen-bond donors (Lipinski definition) is 0. The second kappa shape index (κ2) is 8.33. The number of allylic oxidation sites excluding steroid dienone is 3. The first-order valence-electron chi connectivity index (χ1n) is 5.41. The van der Waals surface area contributed by atoms with Crippen LogP contribution in [0.15, 0.2) is 36.5 Å². The van der Waals surface area contributed by atoms with Crippen molar-refractivity contribution in [3.8, 4) is 0 Å². The van der Waals surface area contributed by atoms with Gasteiger partial charge in [-0.05, 0) is 18.9 Å². The van der Waals surface area contributed by atoms with Crippen molar-refractivity contribution in [1.82, 2.24) is 4.90 Å². The molecule has 1 heterocycles. The molecule has 1 atom stereocenters. The highest BCUT2D eigenvalue weighted by Crippen LogP contribution is 2.22. The molecular weight excluding hydrogens is 333 g/mol. The monoisotopic (exact) mass is 351 g/mol. The minimum atomic E-state index is 0.392. The van der Waals surface area contributed by atoms with Crippen LogP contribution in [0, 0.1) is 0 Å². The summed E-state index contributed by atoms with van der Waals surface area (Å²) >= 11 is 2.18. The van der Waals surface area contributed by atoms with Gasteiger partial charge in [-0.3, -0.25) is 4.90 Å². The maximum absolute atomic E-state index is 5.54. The topological polar surface area (TPSA) is 12.5 Å². The van der Waals surface area contributed by atoms with E-state index in [4.69, 9.17) is 4.18 Å². The molecule has 0 unspecified atom stereocenters. The van der Waals surface area contributed by atoms with Crippen LogP contribution >= 0.6 is 30.4 Å². The minimum absolute atomic E-state index is 0.392. The van der Waals surface area contributed by atoms with Crippen molar-refractivity contribution in [3.05, 3.63) is 36.5 Å². The molecule has 16 heavy (non-hydrogen) atoms. The molecule has 0 amide bonds. The Labute approximate surface area is 115 Å². The van der Waals surface area contributed by atoms with Gasteiger partial charge in [0.05, 0.1) is 15.3 Å². The van der Waals surface area contributed by atoms with Crippen molar-refractivity contribution < 1.29 is 4.18 Å². The lowest BCUT2D eigenvalue weighted by atomic mass is 10.2. The molecule has 0 aromatic rings. The summed E-state index contributed by atoms with van der Waals surface area (Å²) in [5.74, 6) is 0. The molecule has 0 saturated carbocycles. The van der Waals surface area contributed by atoms with Crippen molar-refractivity contribution in [2.75, 3.05) is 19.6 Å². The first kappa shape index (κ1) is 14.3. The predicted molar refractivity (Wildman–Crippen MR) is 80.6 cm³/mol. The van der Waals surface area contributed by atoms with Crippen molar-refractivity contribution in [3.63, 3.8) is 0 Å². The summed E-state index contributed by atoms with van der Waals surface area (Å²) in [5, 5.41) is 0. The molecule has 4 heteroatoms. The number of halogens is 1. The molecule has 0 aromatic heterocycles. The maximum Gasteiger partial charge on any atom is 0.0870 e. The molecule has 1 aliphatic heterocycles. The fourth-order valence-corrected chi connectivity index (χ4v) is 2.90. The maximum atomic E-state index is 5.54. The summed E-state index contributed by atoms with van der Waals surface area (Å²) in [5.41, 5.74) is 1.34.